The molecule has 0 saturated carbocycles. The van der Waals surface area contributed by atoms with E-state index >= 15 is 0 Å². The van der Waals surface area contributed by atoms with Gasteiger partial charge in [-0.3, -0.25) is 4.79 Å². The molecule has 7 nitrogen and oxygen atoms in total. The predicted molar refractivity (Wildman–Crippen MR) is 149 cm³/mol. The summed E-state index contributed by atoms with van der Waals surface area (Å²) < 4.78 is 22.8. The number of rotatable bonds is 8. The van der Waals surface area contributed by atoms with Gasteiger partial charge in [0, 0.05) is 23.3 Å². The molecule has 2 aliphatic rings. The molecule has 0 saturated heterocycles. The summed E-state index contributed by atoms with van der Waals surface area (Å²) in [7, 11) is 4.79. The number of Topliss-reactive ketones (excluding diaryl/α,β-unsaturated/α-hetero) is 1. The van der Waals surface area contributed by atoms with Crippen molar-refractivity contribution in [1.82, 2.24) is 0 Å². The number of nitrogens with one attached hydrogen (secondary N) is 2. The number of ether oxygens (including phenoxy) is 4. The highest BCUT2D eigenvalue weighted by molar-refractivity contribution is 6.01. The average Bonchev–Trinajstić information content (AvgIpc) is 3.12. The average molecular weight is 515 g/mol. The molecule has 7 heteroatoms. The number of para-hydroxylation sites is 3. The van der Waals surface area contributed by atoms with Crippen molar-refractivity contribution in [2.75, 3.05) is 38.6 Å². The molecule has 198 valence electrons. The summed E-state index contributed by atoms with van der Waals surface area (Å²) >= 11 is 0. The highest BCUT2D eigenvalue weighted by Gasteiger charge is 2.37. The van der Waals surface area contributed by atoms with E-state index in [0.29, 0.717) is 36.7 Å². The van der Waals surface area contributed by atoms with Gasteiger partial charge in [-0.15, -0.1) is 0 Å². The number of fused-ring (bicyclic) bond motifs is 1. The standard InChI is InChI=1S/C31H34N2O5/c1-5-14-38-26-13-9-6-10-21(26)30-29-24(32-22-11-7-8-12-23(22)33-30)15-19(16-25(29)34)20-17-27(35-2)31(37-4)28(18-20)36-3/h6-13,17-19,30,32-33H,5,14-16H2,1-4H3. The van der Waals surface area contributed by atoms with E-state index in [1.807, 2.05) is 60.7 Å². The summed E-state index contributed by atoms with van der Waals surface area (Å²) in [6.07, 6.45) is 1.93. The van der Waals surface area contributed by atoms with Crippen LogP contribution < -0.4 is 29.6 Å². The summed E-state index contributed by atoms with van der Waals surface area (Å²) in [5.41, 5.74) is 5.45. The molecule has 0 amide bonds. The Bertz CT molecular complexity index is 1340. The Balaban J connectivity index is 1.60. The lowest BCUT2D eigenvalue weighted by molar-refractivity contribution is -0.116. The van der Waals surface area contributed by atoms with Gasteiger partial charge in [0.25, 0.3) is 0 Å². The predicted octanol–water partition coefficient (Wildman–Crippen LogP) is 6.48. The van der Waals surface area contributed by atoms with Crippen LogP contribution in [-0.4, -0.2) is 33.7 Å². The topological polar surface area (TPSA) is 78.1 Å². The zero-order valence-electron chi connectivity index (χ0n) is 22.3. The monoisotopic (exact) mass is 514 g/mol. The summed E-state index contributed by atoms with van der Waals surface area (Å²) in [4.78, 5) is 14.0. The molecule has 1 aliphatic carbocycles. The molecule has 0 fully saturated rings. The van der Waals surface area contributed by atoms with Gasteiger partial charge in [0.2, 0.25) is 5.75 Å². The minimum Gasteiger partial charge on any atom is -0.493 e. The molecule has 0 aromatic heterocycles. The molecular formula is C31H34N2O5. The van der Waals surface area contributed by atoms with Crippen LogP contribution in [0.2, 0.25) is 0 Å². The van der Waals surface area contributed by atoms with Crippen LogP contribution >= 0.6 is 0 Å². The third-order valence-corrected chi connectivity index (χ3v) is 7.16. The molecule has 1 heterocycles. The lowest BCUT2D eigenvalue weighted by Gasteiger charge is -2.31. The van der Waals surface area contributed by atoms with E-state index in [2.05, 4.69) is 17.6 Å². The molecule has 2 atom stereocenters. The third-order valence-electron chi connectivity index (χ3n) is 7.16. The van der Waals surface area contributed by atoms with Gasteiger partial charge in [0.05, 0.1) is 45.4 Å². The fourth-order valence-electron chi connectivity index (χ4n) is 5.36. The van der Waals surface area contributed by atoms with Gasteiger partial charge in [0.15, 0.2) is 17.3 Å². The Labute approximate surface area is 223 Å². The van der Waals surface area contributed by atoms with Crippen LogP contribution in [0.3, 0.4) is 0 Å². The van der Waals surface area contributed by atoms with Gasteiger partial charge in [-0.05, 0) is 54.7 Å². The summed E-state index contributed by atoms with van der Waals surface area (Å²) in [6.45, 7) is 2.70. The molecule has 2 unspecified atom stereocenters. The van der Waals surface area contributed by atoms with Crippen molar-refractivity contribution in [3.8, 4) is 23.0 Å². The van der Waals surface area contributed by atoms with Crippen LogP contribution in [0.4, 0.5) is 11.4 Å². The number of benzene rings is 3. The van der Waals surface area contributed by atoms with Crippen molar-refractivity contribution in [1.29, 1.82) is 0 Å². The zero-order chi connectivity index (χ0) is 26.6. The van der Waals surface area contributed by atoms with Gasteiger partial charge in [-0.25, -0.2) is 0 Å². The van der Waals surface area contributed by atoms with Crippen LogP contribution in [0, 0.1) is 0 Å². The number of methoxy groups -OCH3 is 3. The molecule has 0 spiro atoms. The minimum absolute atomic E-state index is 0.0556. The number of hydrogen-bond acceptors (Lipinski definition) is 7. The fourth-order valence-corrected chi connectivity index (χ4v) is 5.36. The third kappa shape index (κ3) is 4.76. The number of hydrogen-bond donors (Lipinski definition) is 2. The van der Waals surface area contributed by atoms with Gasteiger partial charge in [0.1, 0.15) is 5.75 Å². The number of carbonyl (C=O) groups excluding carboxylic acids is 1. The molecule has 0 radical (unpaired) electrons. The van der Waals surface area contributed by atoms with Crippen LogP contribution in [0.5, 0.6) is 23.0 Å². The van der Waals surface area contributed by atoms with E-state index in [1.54, 1.807) is 21.3 Å². The molecule has 38 heavy (non-hydrogen) atoms. The van der Waals surface area contributed by atoms with Gasteiger partial charge in [-0.1, -0.05) is 37.3 Å². The smallest absolute Gasteiger partial charge is 0.203 e. The van der Waals surface area contributed by atoms with E-state index in [1.165, 1.54) is 0 Å². The number of allylic oxidation sites excluding steroid dienone is 1. The molecule has 3 aromatic carbocycles. The first kappa shape index (κ1) is 25.5. The molecule has 0 bridgehead atoms. The van der Waals surface area contributed by atoms with E-state index in [9.17, 15) is 4.79 Å². The Morgan fingerprint density at radius 2 is 1.53 bits per heavy atom. The second kappa shape index (κ2) is 11.1. The van der Waals surface area contributed by atoms with Crippen molar-refractivity contribution >= 4 is 17.2 Å². The first-order chi connectivity index (χ1) is 18.6. The van der Waals surface area contributed by atoms with Gasteiger partial charge in [-0.2, -0.15) is 0 Å². The number of anilines is 2. The maximum atomic E-state index is 14.0. The second-order valence-electron chi connectivity index (χ2n) is 9.51. The largest absolute Gasteiger partial charge is 0.493 e. The van der Waals surface area contributed by atoms with Gasteiger partial charge < -0.3 is 29.6 Å². The van der Waals surface area contributed by atoms with E-state index < -0.39 is 0 Å². The highest BCUT2D eigenvalue weighted by Crippen LogP contribution is 2.48. The Morgan fingerprint density at radius 3 is 2.21 bits per heavy atom. The zero-order valence-corrected chi connectivity index (χ0v) is 22.3. The Kier molecular flexibility index (Phi) is 7.45. The van der Waals surface area contributed by atoms with E-state index in [4.69, 9.17) is 18.9 Å². The first-order valence-corrected chi connectivity index (χ1v) is 13.0. The number of ketones is 1. The maximum Gasteiger partial charge on any atom is 0.203 e. The van der Waals surface area contributed by atoms with Crippen molar-refractivity contribution in [3.63, 3.8) is 0 Å². The molecule has 1 aliphatic heterocycles. The highest BCUT2D eigenvalue weighted by atomic mass is 16.5. The molecule has 2 N–H and O–H groups in total. The SMILES string of the molecule is CCCOc1ccccc1C1Nc2ccccc2NC2=C1C(=O)CC(c1cc(OC)c(OC)c(OC)c1)C2. The van der Waals surface area contributed by atoms with Crippen molar-refractivity contribution in [2.45, 2.75) is 38.1 Å². The Hall–Kier alpha value is -4.13. The summed E-state index contributed by atoms with van der Waals surface area (Å²) in [5, 5.41) is 7.25. The summed E-state index contributed by atoms with van der Waals surface area (Å²) in [5.74, 6) is 2.52. The van der Waals surface area contributed by atoms with Crippen LogP contribution in [-0.2, 0) is 4.79 Å². The van der Waals surface area contributed by atoms with Crippen molar-refractivity contribution in [3.05, 3.63) is 83.1 Å². The maximum absolute atomic E-state index is 14.0. The minimum atomic E-state index is -0.345. The normalized spacial score (nSPS) is 18.4. The van der Waals surface area contributed by atoms with Crippen molar-refractivity contribution < 1.29 is 23.7 Å². The number of carbonyl (C=O) groups is 1. The van der Waals surface area contributed by atoms with Crippen LogP contribution in [0.25, 0.3) is 0 Å². The first-order valence-electron chi connectivity index (χ1n) is 13.0. The Morgan fingerprint density at radius 1 is 0.842 bits per heavy atom. The van der Waals surface area contributed by atoms with Gasteiger partial charge >= 0.3 is 0 Å². The molecule has 5 rings (SSSR count). The lowest BCUT2D eigenvalue weighted by Crippen LogP contribution is -2.27. The quantitative estimate of drug-likeness (QED) is 0.356. The molecule has 3 aromatic rings. The van der Waals surface area contributed by atoms with Crippen LogP contribution in [0.1, 0.15) is 49.3 Å². The van der Waals surface area contributed by atoms with Crippen LogP contribution in [0.15, 0.2) is 71.9 Å². The van der Waals surface area contributed by atoms with E-state index in [0.717, 1.165) is 45.9 Å². The summed E-state index contributed by atoms with van der Waals surface area (Å²) in [6, 6.07) is 19.6. The lowest BCUT2D eigenvalue weighted by atomic mass is 9.78. The van der Waals surface area contributed by atoms with E-state index in [-0.39, 0.29) is 17.7 Å². The molecular weight excluding hydrogens is 480 g/mol. The second-order valence-corrected chi connectivity index (χ2v) is 9.51. The fraction of sp³-hybridized carbons (Fsp3) is 0.323. The van der Waals surface area contributed by atoms with Crippen molar-refractivity contribution in [2.24, 2.45) is 0 Å².